The van der Waals surface area contributed by atoms with E-state index in [2.05, 4.69) is 39.9 Å². The third-order valence-corrected chi connectivity index (χ3v) is 6.68. The molecule has 2 fully saturated rings. The number of hydrogen-bond acceptors (Lipinski definition) is 5. The highest BCUT2D eigenvalue weighted by Crippen LogP contribution is 2.28. The fraction of sp³-hybridized carbons (Fsp3) is 0.611. The predicted octanol–water partition coefficient (Wildman–Crippen LogP) is 1.72. The van der Waals surface area contributed by atoms with Gasteiger partial charge < -0.3 is 0 Å². The minimum Gasteiger partial charge on any atom is -0.293 e. The molecular weight excluding hydrogens is 322 g/mol. The van der Waals surface area contributed by atoms with Crippen LogP contribution in [0.2, 0.25) is 0 Å². The molecule has 2 saturated heterocycles. The van der Waals surface area contributed by atoms with Crippen LogP contribution in [-0.4, -0.2) is 66.4 Å². The quantitative estimate of drug-likeness (QED) is 0.732. The summed E-state index contributed by atoms with van der Waals surface area (Å²) in [7, 11) is -2.95. The largest absolute Gasteiger partial charge is 0.293 e. The van der Waals surface area contributed by atoms with E-state index in [0.29, 0.717) is 5.75 Å². The van der Waals surface area contributed by atoms with Gasteiger partial charge in [-0.2, -0.15) is 0 Å². The van der Waals surface area contributed by atoms with Crippen LogP contribution in [-0.2, 0) is 16.4 Å². The SMILES string of the molecule is CCC/C=C/CN1CCN(Cc2cccnc2)[C@@H]2CS(=O)(=O)C[C@@H]21. The molecule has 1 aromatic rings. The van der Waals surface area contributed by atoms with E-state index in [0.717, 1.165) is 44.6 Å². The Morgan fingerprint density at radius 1 is 1.21 bits per heavy atom. The zero-order chi connectivity index (χ0) is 17.0. The van der Waals surface area contributed by atoms with Crippen molar-refractivity contribution in [2.45, 2.75) is 38.4 Å². The first-order valence-corrected chi connectivity index (χ1v) is 10.6. The average Bonchev–Trinajstić information content (AvgIpc) is 2.90. The topological polar surface area (TPSA) is 53.5 Å². The van der Waals surface area contributed by atoms with Crippen LogP contribution in [0.1, 0.15) is 25.3 Å². The minimum atomic E-state index is -2.95. The van der Waals surface area contributed by atoms with Gasteiger partial charge >= 0.3 is 0 Å². The second-order valence-electron chi connectivity index (χ2n) is 6.80. The number of allylic oxidation sites excluding steroid dienone is 1. The van der Waals surface area contributed by atoms with Crippen molar-refractivity contribution in [3.63, 3.8) is 0 Å². The maximum atomic E-state index is 12.2. The molecule has 1 aromatic heterocycles. The molecule has 3 rings (SSSR count). The highest BCUT2D eigenvalue weighted by atomic mass is 32.2. The normalized spacial score (nSPS) is 27.5. The van der Waals surface area contributed by atoms with Gasteiger partial charge in [-0.3, -0.25) is 14.8 Å². The van der Waals surface area contributed by atoms with Crippen molar-refractivity contribution in [2.75, 3.05) is 31.1 Å². The number of sulfone groups is 1. The number of piperazine rings is 1. The van der Waals surface area contributed by atoms with Gasteiger partial charge in [0.1, 0.15) is 0 Å². The number of aromatic nitrogens is 1. The van der Waals surface area contributed by atoms with E-state index in [-0.39, 0.29) is 17.8 Å². The van der Waals surface area contributed by atoms with Crippen molar-refractivity contribution < 1.29 is 8.42 Å². The van der Waals surface area contributed by atoms with E-state index < -0.39 is 9.84 Å². The number of rotatable bonds is 6. The lowest BCUT2D eigenvalue weighted by Gasteiger charge is -2.43. The van der Waals surface area contributed by atoms with Crippen molar-refractivity contribution in [1.29, 1.82) is 0 Å². The van der Waals surface area contributed by atoms with Crippen LogP contribution in [0.25, 0.3) is 0 Å². The van der Waals surface area contributed by atoms with Crippen LogP contribution >= 0.6 is 0 Å². The van der Waals surface area contributed by atoms with Crippen molar-refractivity contribution >= 4 is 9.84 Å². The maximum Gasteiger partial charge on any atom is 0.153 e. The lowest BCUT2D eigenvalue weighted by Crippen LogP contribution is -2.58. The van der Waals surface area contributed by atoms with Crippen LogP contribution < -0.4 is 0 Å². The van der Waals surface area contributed by atoms with Gasteiger partial charge in [0.25, 0.3) is 0 Å². The summed E-state index contributed by atoms with van der Waals surface area (Å²) in [5.74, 6) is 0.579. The fourth-order valence-corrected chi connectivity index (χ4v) is 5.78. The van der Waals surface area contributed by atoms with Gasteiger partial charge in [-0.25, -0.2) is 8.42 Å². The monoisotopic (exact) mass is 349 g/mol. The van der Waals surface area contributed by atoms with Gasteiger partial charge in [0.15, 0.2) is 9.84 Å². The molecule has 24 heavy (non-hydrogen) atoms. The first-order chi connectivity index (χ1) is 11.6. The van der Waals surface area contributed by atoms with E-state index in [4.69, 9.17) is 0 Å². The second-order valence-corrected chi connectivity index (χ2v) is 8.95. The smallest absolute Gasteiger partial charge is 0.153 e. The summed E-state index contributed by atoms with van der Waals surface area (Å²) < 4.78 is 24.5. The van der Waals surface area contributed by atoms with Crippen LogP contribution in [0.5, 0.6) is 0 Å². The molecule has 0 N–H and O–H groups in total. The van der Waals surface area contributed by atoms with Gasteiger partial charge in [-0.05, 0) is 18.1 Å². The zero-order valence-electron chi connectivity index (χ0n) is 14.3. The maximum absolute atomic E-state index is 12.2. The van der Waals surface area contributed by atoms with E-state index in [1.54, 1.807) is 6.20 Å². The molecule has 2 aliphatic rings. The molecule has 0 radical (unpaired) electrons. The molecule has 5 nitrogen and oxygen atoms in total. The van der Waals surface area contributed by atoms with Gasteiger partial charge in [0.05, 0.1) is 11.5 Å². The summed E-state index contributed by atoms with van der Waals surface area (Å²) in [6.07, 6.45) is 10.3. The predicted molar refractivity (Wildman–Crippen MR) is 96.5 cm³/mol. The van der Waals surface area contributed by atoms with Crippen molar-refractivity contribution in [2.24, 2.45) is 0 Å². The Bertz CT molecular complexity index is 660. The van der Waals surface area contributed by atoms with Crippen molar-refractivity contribution in [1.82, 2.24) is 14.8 Å². The molecule has 0 aromatic carbocycles. The summed E-state index contributed by atoms with van der Waals surface area (Å²) in [5.41, 5.74) is 1.15. The zero-order valence-corrected chi connectivity index (χ0v) is 15.2. The van der Waals surface area contributed by atoms with E-state index >= 15 is 0 Å². The molecule has 6 heteroatoms. The van der Waals surface area contributed by atoms with Crippen LogP contribution in [0.15, 0.2) is 36.7 Å². The molecule has 3 heterocycles. The Kier molecular flexibility index (Phi) is 5.69. The Labute approximate surface area is 145 Å². The number of unbranched alkanes of at least 4 members (excludes halogenated alkanes) is 1. The Morgan fingerprint density at radius 3 is 2.67 bits per heavy atom. The molecule has 132 valence electrons. The highest BCUT2D eigenvalue weighted by Gasteiger charge is 2.45. The molecule has 0 aliphatic carbocycles. The molecule has 0 unspecified atom stereocenters. The van der Waals surface area contributed by atoms with Crippen molar-refractivity contribution in [3.05, 3.63) is 42.2 Å². The third-order valence-electron chi connectivity index (χ3n) is 4.98. The number of hydrogen-bond donors (Lipinski definition) is 0. The van der Waals surface area contributed by atoms with E-state index in [1.807, 2.05) is 12.3 Å². The summed E-state index contributed by atoms with van der Waals surface area (Å²) in [5, 5.41) is 0. The first kappa shape index (κ1) is 17.6. The Morgan fingerprint density at radius 2 is 1.96 bits per heavy atom. The summed E-state index contributed by atoms with van der Waals surface area (Å²) in [6.45, 7) is 5.64. The lowest BCUT2D eigenvalue weighted by molar-refractivity contribution is 0.0478. The average molecular weight is 350 g/mol. The van der Waals surface area contributed by atoms with Gasteiger partial charge in [-0.15, -0.1) is 0 Å². The minimum absolute atomic E-state index is 0.100. The number of fused-ring (bicyclic) bond motifs is 1. The summed E-state index contributed by atoms with van der Waals surface area (Å²) in [6, 6.07) is 4.22. The van der Waals surface area contributed by atoms with Crippen molar-refractivity contribution in [3.8, 4) is 0 Å². The molecule has 0 bridgehead atoms. The molecule has 2 atom stereocenters. The highest BCUT2D eigenvalue weighted by molar-refractivity contribution is 7.91. The third kappa shape index (κ3) is 4.23. The summed E-state index contributed by atoms with van der Waals surface area (Å²) >= 11 is 0. The number of nitrogens with zero attached hydrogens (tertiary/aromatic N) is 3. The molecule has 2 aliphatic heterocycles. The lowest BCUT2D eigenvalue weighted by atomic mass is 10.0. The molecule has 0 saturated carbocycles. The summed E-state index contributed by atoms with van der Waals surface area (Å²) in [4.78, 5) is 8.85. The van der Waals surface area contributed by atoms with Crippen LogP contribution in [0, 0.1) is 0 Å². The van der Waals surface area contributed by atoms with E-state index in [9.17, 15) is 8.42 Å². The van der Waals surface area contributed by atoms with Crippen LogP contribution in [0.4, 0.5) is 0 Å². The van der Waals surface area contributed by atoms with E-state index in [1.165, 1.54) is 0 Å². The molecular formula is C18H27N3O2S. The van der Waals surface area contributed by atoms with Gasteiger partial charge in [0, 0.05) is 50.7 Å². The Balaban J connectivity index is 1.70. The first-order valence-electron chi connectivity index (χ1n) is 8.81. The van der Waals surface area contributed by atoms with Crippen LogP contribution in [0.3, 0.4) is 0 Å². The standard InChI is InChI=1S/C18H27N3O2S/c1-2-3-4-5-9-20-10-11-21(13-16-7-6-8-19-12-16)18-15-24(22,23)14-17(18)20/h4-8,12,17-18H,2-3,9-11,13-15H2,1H3/b5-4+/t17-,18+/m0/s1. The Hall–Kier alpha value is -1.24. The second kappa shape index (κ2) is 7.76. The molecule has 0 amide bonds. The fourth-order valence-electron chi connectivity index (χ4n) is 3.74. The van der Waals surface area contributed by atoms with Gasteiger partial charge in [-0.1, -0.05) is 31.6 Å². The van der Waals surface area contributed by atoms with Gasteiger partial charge in [0.2, 0.25) is 0 Å². The molecule has 0 spiro atoms. The number of pyridine rings is 1.